The number of likely N-dealkylation sites (N-methyl/N-ethyl adjacent to an activating group) is 1. The number of halogens is 1. The van der Waals surface area contributed by atoms with E-state index in [0.717, 1.165) is 5.69 Å². The van der Waals surface area contributed by atoms with E-state index in [1.54, 1.807) is 42.6 Å². The van der Waals surface area contributed by atoms with Gasteiger partial charge in [-0.15, -0.1) is 0 Å². The molecule has 0 unspecified atom stereocenters. The first-order valence-electron chi connectivity index (χ1n) is 12.6. The summed E-state index contributed by atoms with van der Waals surface area (Å²) in [5.74, 6) is 0.686. The number of pyridine rings is 2. The summed E-state index contributed by atoms with van der Waals surface area (Å²) in [5, 5.41) is 16.9. The fraction of sp³-hybridized carbons (Fsp3) is 0.200. The van der Waals surface area contributed by atoms with Crippen molar-refractivity contribution in [3.05, 3.63) is 89.4 Å². The van der Waals surface area contributed by atoms with Gasteiger partial charge in [-0.1, -0.05) is 23.7 Å². The number of hydrogen-bond donors (Lipinski definition) is 2. The van der Waals surface area contributed by atoms with E-state index in [1.807, 2.05) is 50.2 Å². The molecule has 0 aliphatic heterocycles. The maximum atomic E-state index is 12.6. The van der Waals surface area contributed by atoms with E-state index >= 15 is 0 Å². The van der Waals surface area contributed by atoms with Crippen LogP contribution >= 0.6 is 11.6 Å². The summed E-state index contributed by atoms with van der Waals surface area (Å²) in [6.07, 6.45) is 4.96. The molecule has 4 aromatic rings. The minimum Gasteiger partial charge on any atom is -0.492 e. The molecular weight excluding hydrogens is 528 g/mol. The van der Waals surface area contributed by atoms with Gasteiger partial charge in [-0.3, -0.25) is 9.78 Å². The second-order valence-corrected chi connectivity index (χ2v) is 9.41. The van der Waals surface area contributed by atoms with E-state index in [2.05, 4.69) is 26.7 Å². The molecule has 0 saturated carbocycles. The SMILES string of the molecule is CCOc1cc2nc(C#N)cc(Nc3ccc(OCc4ccccn4)c(Cl)c3)c2cc1NC(=O)/C=C/CN(C)C. The van der Waals surface area contributed by atoms with Crippen molar-refractivity contribution in [3.63, 3.8) is 0 Å². The number of nitriles is 1. The van der Waals surface area contributed by atoms with Crippen LogP contribution in [0.5, 0.6) is 11.5 Å². The molecule has 0 bridgehead atoms. The molecule has 4 rings (SSSR count). The van der Waals surface area contributed by atoms with E-state index in [0.29, 0.717) is 57.6 Å². The molecule has 1 amide bonds. The number of carbonyl (C=O) groups excluding carboxylic acids is 1. The van der Waals surface area contributed by atoms with Crippen LogP contribution in [0.4, 0.5) is 17.1 Å². The summed E-state index contributed by atoms with van der Waals surface area (Å²) in [6, 6.07) is 18.2. The number of nitrogens with zero attached hydrogens (tertiary/aromatic N) is 4. The van der Waals surface area contributed by atoms with Gasteiger partial charge in [0.2, 0.25) is 5.91 Å². The standard InChI is InChI=1S/C30H29ClN6O3/c1-4-39-29-17-26-23(16-27(29)36-30(38)9-7-13-37(2)3)25(15-22(18-32)35-26)34-20-10-11-28(24(31)14-20)40-19-21-8-5-6-12-33-21/h5-12,14-17H,4,13,19H2,1-3H3,(H,34,35)(H,36,38)/b9-7+. The molecule has 0 spiro atoms. The van der Waals surface area contributed by atoms with E-state index in [9.17, 15) is 10.1 Å². The molecule has 0 aliphatic rings. The summed E-state index contributed by atoms with van der Waals surface area (Å²) in [7, 11) is 3.84. The number of anilines is 3. The van der Waals surface area contributed by atoms with Crippen molar-refractivity contribution < 1.29 is 14.3 Å². The van der Waals surface area contributed by atoms with E-state index < -0.39 is 0 Å². The van der Waals surface area contributed by atoms with Crippen LogP contribution < -0.4 is 20.1 Å². The van der Waals surface area contributed by atoms with Gasteiger partial charge in [-0.2, -0.15) is 5.26 Å². The lowest BCUT2D eigenvalue weighted by molar-refractivity contribution is -0.111. The van der Waals surface area contributed by atoms with Gasteiger partial charge < -0.3 is 25.0 Å². The van der Waals surface area contributed by atoms with Gasteiger partial charge in [0.15, 0.2) is 0 Å². The summed E-state index contributed by atoms with van der Waals surface area (Å²) in [6.45, 7) is 3.16. The van der Waals surface area contributed by atoms with Gasteiger partial charge >= 0.3 is 0 Å². The van der Waals surface area contributed by atoms with Gasteiger partial charge in [0, 0.05) is 36.0 Å². The summed E-state index contributed by atoms with van der Waals surface area (Å²) < 4.78 is 11.6. The zero-order chi connectivity index (χ0) is 28.5. The molecule has 0 fully saturated rings. The Hall–Kier alpha value is -4.65. The highest BCUT2D eigenvalue weighted by molar-refractivity contribution is 6.32. The number of fused-ring (bicyclic) bond motifs is 1. The van der Waals surface area contributed by atoms with Crippen LogP contribution in [0.1, 0.15) is 18.3 Å². The largest absolute Gasteiger partial charge is 0.492 e. The molecule has 0 aliphatic carbocycles. The first kappa shape index (κ1) is 28.4. The number of aromatic nitrogens is 2. The Labute approximate surface area is 238 Å². The van der Waals surface area contributed by atoms with Crippen LogP contribution in [-0.2, 0) is 11.4 Å². The molecule has 0 radical (unpaired) electrons. The third kappa shape index (κ3) is 7.47. The maximum Gasteiger partial charge on any atom is 0.248 e. The van der Waals surface area contributed by atoms with Gasteiger partial charge in [0.25, 0.3) is 0 Å². The minimum atomic E-state index is -0.286. The van der Waals surface area contributed by atoms with Crippen LogP contribution in [0.3, 0.4) is 0 Å². The van der Waals surface area contributed by atoms with Crippen molar-refractivity contribution in [2.24, 2.45) is 0 Å². The highest BCUT2D eigenvalue weighted by atomic mass is 35.5. The lowest BCUT2D eigenvalue weighted by Gasteiger charge is -2.16. The molecule has 2 aromatic heterocycles. The van der Waals surface area contributed by atoms with Crippen LogP contribution in [0.15, 0.2) is 72.9 Å². The van der Waals surface area contributed by atoms with Gasteiger partial charge in [-0.25, -0.2) is 4.98 Å². The summed E-state index contributed by atoms with van der Waals surface area (Å²) in [5.41, 5.74) is 3.32. The average Bonchev–Trinajstić information content (AvgIpc) is 2.93. The predicted octanol–water partition coefficient (Wildman–Crippen LogP) is 5.93. The molecule has 2 heterocycles. The van der Waals surface area contributed by atoms with Crippen LogP contribution in [0, 0.1) is 11.3 Å². The zero-order valence-electron chi connectivity index (χ0n) is 22.4. The quantitative estimate of drug-likeness (QED) is 0.218. The van der Waals surface area contributed by atoms with Crippen molar-refractivity contribution in [1.82, 2.24) is 14.9 Å². The summed E-state index contributed by atoms with van der Waals surface area (Å²) in [4.78, 5) is 23.3. The van der Waals surface area contributed by atoms with Crippen molar-refractivity contribution >= 4 is 45.5 Å². The van der Waals surface area contributed by atoms with Gasteiger partial charge in [0.1, 0.15) is 29.9 Å². The normalized spacial score (nSPS) is 11.0. The third-order valence-corrected chi connectivity index (χ3v) is 5.93. The minimum absolute atomic E-state index is 0.224. The average molecular weight is 557 g/mol. The molecular formula is C30H29ClN6O3. The Morgan fingerprint density at radius 1 is 1.10 bits per heavy atom. The molecule has 2 N–H and O–H groups in total. The molecule has 0 atom stereocenters. The fourth-order valence-electron chi connectivity index (χ4n) is 3.82. The Morgan fingerprint density at radius 2 is 1.95 bits per heavy atom. The maximum absolute atomic E-state index is 12.6. The lowest BCUT2D eigenvalue weighted by atomic mass is 10.1. The molecule has 204 valence electrons. The topological polar surface area (TPSA) is 112 Å². The van der Waals surface area contributed by atoms with Crippen LogP contribution in [0.25, 0.3) is 10.9 Å². The molecule has 9 nitrogen and oxygen atoms in total. The number of hydrogen-bond acceptors (Lipinski definition) is 8. The highest BCUT2D eigenvalue weighted by Gasteiger charge is 2.14. The zero-order valence-corrected chi connectivity index (χ0v) is 23.2. The van der Waals surface area contributed by atoms with Crippen molar-refractivity contribution in [2.75, 3.05) is 37.9 Å². The fourth-order valence-corrected chi connectivity index (χ4v) is 4.05. The first-order chi connectivity index (χ1) is 19.4. The highest BCUT2D eigenvalue weighted by Crippen LogP contribution is 2.36. The number of rotatable bonds is 11. The van der Waals surface area contributed by atoms with Crippen LogP contribution in [0.2, 0.25) is 5.02 Å². The number of ether oxygens (including phenoxy) is 2. The second kappa shape index (κ2) is 13.4. The predicted molar refractivity (Wildman–Crippen MR) is 157 cm³/mol. The number of carbonyl (C=O) groups is 1. The van der Waals surface area contributed by atoms with Crippen molar-refractivity contribution in [3.8, 4) is 17.6 Å². The second-order valence-electron chi connectivity index (χ2n) is 9.00. The van der Waals surface area contributed by atoms with Gasteiger partial charge in [0.05, 0.1) is 34.2 Å². The van der Waals surface area contributed by atoms with E-state index in [1.165, 1.54) is 6.08 Å². The van der Waals surface area contributed by atoms with E-state index in [-0.39, 0.29) is 18.2 Å². The molecule has 40 heavy (non-hydrogen) atoms. The Bertz CT molecular complexity index is 1570. The Kier molecular flexibility index (Phi) is 9.52. The number of benzene rings is 2. The lowest BCUT2D eigenvalue weighted by Crippen LogP contribution is -2.13. The van der Waals surface area contributed by atoms with Crippen LogP contribution in [-0.4, -0.2) is 48.0 Å². The van der Waals surface area contributed by atoms with Crippen molar-refractivity contribution in [1.29, 1.82) is 5.26 Å². The van der Waals surface area contributed by atoms with E-state index in [4.69, 9.17) is 21.1 Å². The van der Waals surface area contributed by atoms with Gasteiger partial charge in [-0.05, 0) is 63.5 Å². The third-order valence-electron chi connectivity index (χ3n) is 5.63. The monoisotopic (exact) mass is 556 g/mol. The number of nitrogens with one attached hydrogen (secondary N) is 2. The molecule has 10 heteroatoms. The first-order valence-corrected chi connectivity index (χ1v) is 13.0. The number of amides is 1. The Morgan fingerprint density at radius 3 is 2.65 bits per heavy atom. The Balaban J connectivity index is 1.63. The molecule has 2 aromatic carbocycles. The smallest absolute Gasteiger partial charge is 0.248 e. The molecule has 0 saturated heterocycles. The summed E-state index contributed by atoms with van der Waals surface area (Å²) >= 11 is 6.51. The van der Waals surface area contributed by atoms with Crippen molar-refractivity contribution in [2.45, 2.75) is 13.5 Å².